The summed E-state index contributed by atoms with van der Waals surface area (Å²) in [6.45, 7) is 6.95. The van der Waals surface area contributed by atoms with Gasteiger partial charge in [-0.3, -0.25) is 4.79 Å². The molecule has 1 amide bonds. The number of nitrogens with one attached hydrogen (secondary N) is 1. The molecule has 0 aliphatic heterocycles. The number of rotatable bonds is 7. The molecule has 1 N–H and O–H groups in total. The largest absolute Gasteiger partial charge is 0.484 e. The van der Waals surface area contributed by atoms with Crippen molar-refractivity contribution in [3.63, 3.8) is 0 Å². The molecule has 1 aliphatic carbocycles. The fourth-order valence-electron chi connectivity index (χ4n) is 4.16. The van der Waals surface area contributed by atoms with Gasteiger partial charge < -0.3 is 14.6 Å². The zero-order chi connectivity index (χ0) is 26.0. The van der Waals surface area contributed by atoms with Gasteiger partial charge in [-0.15, -0.1) is 21.5 Å². The van der Waals surface area contributed by atoms with Crippen molar-refractivity contribution in [2.45, 2.75) is 51.8 Å². The molecule has 3 aromatic rings. The maximum absolute atomic E-state index is 12.7. The number of carbonyl (C=O) groups excluding carboxylic acids is 1. The molecular weight excluding hydrogens is 537 g/mol. The molecule has 2 aromatic heterocycles. The highest BCUT2D eigenvalue weighted by molar-refractivity contribution is 7.99. The third kappa shape index (κ3) is 6.00. The zero-order valence-electron chi connectivity index (χ0n) is 20.5. The first-order valence-corrected chi connectivity index (χ1v) is 14.1. The van der Waals surface area contributed by atoms with Crippen molar-refractivity contribution >= 4 is 57.2 Å². The summed E-state index contributed by atoms with van der Waals surface area (Å²) in [5.74, 6) is 1.62. The number of thioether (sulfide) groups is 1. The third-order valence-electron chi connectivity index (χ3n) is 6.36. The van der Waals surface area contributed by atoms with Gasteiger partial charge in [-0.25, -0.2) is 0 Å². The molecule has 0 saturated heterocycles. The smallest absolute Gasteiger partial charge is 0.235 e. The molecular formula is C25H27Cl2N5O2S2. The van der Waals surface area contributed by atoms with Gasteiger partial charge in [0, 0.05) is 16.9 Å². The van der Waals surface area contributed by atoms with Crippen LogP contribution >= 0.6 is 46.3 Å². The number of nitriles is 1. The fourth-order valence-corrected chi connectivity index (χ4v) is 6.64. The van der Waals surface area contributed by atoms with Gasteiger partial charge in [0.25, 0.3) is 0 Å². The number of amides is 1. The number of hydrogen-bond donors (Lipinski definition) is 1. The van der Waals surface area contributed by atoms with Crippen LogP contribution in [0.5, 0.6) is 5.75 Å². The molecule has 1 aliphatic rings. The normalized spacial score (nSPS) is 15.3. The lowest BCUT2D eigenvalue weighted by Gasteiger charge is -2.33. The molecule has 1 atom stereocenters. The van der Waals surface area contributed by atoms with E-state index in [0.717, 1.165) is 24.8 Å². The lowest BCUT2D eigenvalue weighted by atomic mass is 9.72. The quantitative estimate of drug-likeness (QED) is 0.329. The molecule has 0 spiro atoms. The van der Waals surface area contributed by atoms with E-state index in [1.807, 2.05) is 7.05 Å². The molecule has 1 aromatic carbocycles. The highest BCUT2D eigenvalue weighted by Crippen LogP contribution is 2.44. The first kappa shape index (κ1) is 26.8. The molecule has 2 heterocycles. The Kier molecular flexibility index (Phi) is 8.20. The Balaban J connectivity index is 1.36. The number of fused-ring (bicyclic) bond motifs is 1. The van der Waals surface area contributed by atoms with Gasteiger partial charge >= 0.3 is 0 Å². The van der Waals surface area contributed by atoms with Gasteiger partial charge in [0.15, 0.2) is 11.0 Å². The number of hydrogen-bond acceptors (Lipinski definition) is 7. The number of benzene rings is 1. The van der Waals surface area contributed by atoms with E-state index in [0.29, 0.717) is 43.3 Å². The van der Waals surface area contributed by atoms with Crippen LogP contribution in [0, 0.1) is 22.7 Å². The van der Waals surface area contributed by atoms with Crippen LogP contribution in [0.25, 0.3) is 0 Å². The van der Waals surface area contributed by atoms with Crippen LogP contribution < -0.4 is 10.1 Å². The van der Waals surface area contributed by atoms with Crippen LogP contribution in [0.3, 0.4) is 0 Å². The molecule has 0 bridgehead atoms. The Bertz CT molecular complexity index is 1320. The number of anilines is 1. The Morgan fingerprint density at radius 3 is 2.83 bits per heavy atom. The topological polar surface area (TPSA) is 92.8 Å². The minimum absolute atomic E-state index is 0.147. The number of carbonyl (C=O) groups is 1. The van der Waals surface area contributed by atoms with E-state index in [-0.39, 0.29) is 23.7 Å². The van der Waals surface area contributed by atoms with Gasteiger partial charge in [0.1, 0.15) is 23.4 Å². The average Bonchev–Trinajstić information content (AvgIpc) is 3.34. The van der Waals surface area contributed by atoms with Crippen LogP contribution in [-0.4, -0.2) is 26.4 Å². The van der Waals surface area contributed by atoms with E-state index in [1.54, 1.807) is 22.8 Å². The minimum Gasteiger partial charge on any atom is -0.484 e. The Hall–Kier alpha value is -2.25. The number of thiophene rings is 1. The van der Waals surface area contributed by atoms with Crippen molar-refractivity contribution < 1.29 is 9.53 Å². The maximum atomic E-state index is 12.7. The summed E-state index contributed by atoms with van der Waals surface area (Å²) in [6.07, 6.45) is 2.90. The Morgan fingerprint density at radius 1 is 1.36 bits per heavy atom. The van der Waals surface area contributed by atoms with E-state index in [2.05, 4.69) is 42.4 Å². The summed E-state index contributed by atoms with van der Waals surface area (Å²) < 4.78 is 7.52. The molecule has 11 heteroatoms. The first-order valence-electron chi connectivity index (χ1n) is 11.5. The first-order chi connectivity index (χ1) is 17.1. The minimum atomic E-state index is -0.184. The number of halogens is 2. The van der Waals surface area contributed by atoms with Gasteiger partial charge in [-0.05, 0) is 54.4 Å². The second-order valence-corrected chi connectivity index (χ2v) is 12.7. The summed E-state index contributed by atoms with van der Waals surface area (Å²) in [7, 11) is 1.81. The van der Waals surface area contributed by atoms with Crippen molar-refractivity contribution in [1.82, 2.24) is 14.8 Å². The Morgan fingerprint density at radius 2 is 2.14 bits per heavy atom. The second-order valence-electron chi connectivity index (χ2n) is 9.78. The van der Waals surface area contributed by atoms with Crippen LogP contribution in [-0.2, 0) is 31.3 Å². The number of aromatic nitrogens is 3. The Labute approximate surface area is 229 Å². The lowest BCUT2D eigenvalue weighted by molar-refractivity contribution is -0.113. The number of nitrogens with zero attached hydrogens (tertiary/aromatic N) is 4. The van der Waals surface area contributed by atoms with Crippen molar-refractivity contribution in [1.29, 1.82) is 5.26 Å². The zero-order valence-corrected chi connectivity index (χ0v) is 23.7. The van der Waals surface area contributed by atoms with Crippen molar-refractivity contribution in [2.24, 2.45) is 18.4 Å². The summed E-state index contributed by atoms with van der Waals surface area (Å²) in [6, 6.07) is 7.32. The van der Waals surface area contributed by atoms with Crippen LogP contribution in [0.2, 0.25) is 10.0 Å². The predicted octanol–water partition coefficient (Wildman–Crippen LogP) is 6.52. The van der Waals surface area contributed by atoms with Crippen LogP contribution in [0.15, 0.2) is 23.4 Å². The van der Waals surface area contributed by atoms with Gasteiger partial charge in [0.2, 0.25) is 5.91 Å². The molecule has 0 saturated carbocycles. The molecule has 4 rings (SSSR count). The molecule has 0 unspecified atom stereocenters. The molecule has 0 fully saturated rings. The third-order valence-corrected chi connectivity index (χ3v) is 9.08. The summed E-state index contributed by atoms with van der Waals surface area (Å²) in [4.78, 5) is 14.0. The highest BCUT2D eigenvalue weighted by Gasteiger charge is 2.32. The standard InChI is InChI=1S/C25H27Cl2N5O2S2/c1-25(2,3)14-5-7-16-17(11-28)23(36-20(16)9-14)29-22(33)13-35-24-31-30-21(32(24)4)12-34-19-8-6-15(26)10-18(19)27/h6,8,10,14H,5,7,9,12-13H2,1-4H3,(H,29,33)/t14-/m1/s1. The fraction of sp³-hybridized carbons (Fsp3) is 0.440. The average molecular weight is 565 g/mol. The van der Waals surface area contributed by atoms with Gasteiger partial charge in [-0.1, -0.05) is 55.7 Å². The SMILES string of the molecule is Cn1c(COc2ccc(Cl)cc2Cl)nnc1SCC(=O)Nc1sc2c(c1C#N)CC[C@@H](C(C)(C)C)C2. The summed E-state index contributed by atoms with van der Waals surface area (Å²) in [5.41, 5.74) is 1.93. The monoisotopic (exact) mass is 563 g/mol. The van der Waals surface area contributed by atoms with Gasteiger partial charge in [-0.2, -0.15) is 5.26 Å². The van der Waals surface area contributed by atoms with E-state index in [4.69, 9.17) is 27.9 Å². The van der Waals surface area contributed by atoms with Gasteiger partial charge in [0.05, 0.1) is 16.3 Å². The van der Waals surface area contributed by atoms with Crippen molar-refractivity contribution in [3.05, 3.63) is 50.1 Å². The van der Waals surface area contributed by atoms with E-state index < -0.39 is 0 Å². The van der Waals surface area contributed by atoms with E-state index in [9.17, 15) is 10.1 Å². The molecule has 0 radical (unpaired) electrons. The van der Waals surface area contributed by atoms with Crippen molar-refractivity contribution in [3.8, 4) is 11.8 Å². The van der Waals surface area contributed by atoms with E-state index >= 15 is 0 Å². The van der Waals surface area contributed by atoms with Crippen LogP contribution in [0.1, 0.15) is 49.0 Å². The summed E-state index contributed by atoms with van der Waals surface area (Å²) >= 11 is 14.9. The second kappa shape index (κ2) is 11.0. The number of ether oxygens (including phenoxy) is 1. The predicted molar refractivity (Wildman–Crippen MR) is 145 cm³/mol. The van der Waals surface area contributed by atoms with Crippen LogP contribution in [0.4, 0.5) is 5.00 Å². The molecule has 190 valence electrons. The van der Waals surface area contributed by atoms with E-state index in [1.165, 1.54) is 28.0 Å². The van der Waals surface area contributed by atoms with Crippen molar-refractivity contribution in [2.75, 3.05) is 11.1 Å². The maximum Gasteiger partial charge on any atom is 0.235 e. The molecule has 7 nitrogen and oxygen atoms in total. The highest BCUT2D eigenvalue weighted by atomic mass is 35.5. The summed E-state index contributed by atoms with van der Waals surface area (Å²) in [5, 5.41) is 23.2. The molecule has 36 heavy (non-hydrogen) atoms. The lowest BCUT2D eigenvalue weighted by Crippen LogP contribution is -2.26.